The van der Waals surface area contributed by atoms with Crippen molar-refractivity contribution < 1.29 is 13.9 Å². The van der Waals surface area contributed by atoms with Crippen LogP contribution in [0.15, 0.2) is 28.7 Å². The van der Waals surface area contributed by atoms with Crippen LogP contribution in [0, 0.1) is 24.7 Å². The van der Waals surface area contributed by atoms with E-state index in [0.717, 1.165) is 48.3 Å². The van der Waals surface area contributed by atoms with E-state index in [1.807, 2.05) is 24.3 Å². The number of amides is 1. The van der Waals surface area contributed by atoms with E-state index >= 15 is 0 Å². The molecule has 1 N–H and O–H groups in total. The van der Waals surface area contributed by atoms with Gasteiger partial charge >= 0.3 is 0 Å². The van der Waals surface area contributed by atoms with Gasteiger partial charge in [0.05, 0.1) is 7.11 Å². The number of aromatic nitrogens is 1. The van der Waals surface area contributed by atoms with Crippen molar-refractivity contribution in [2.24, 2.45) is 17.8 Å². The predicted octanol–water partition coefficient (Wildman–Crippen LogP) is 4.36. The number of hydrogen-bond donors (Lipinski definition) is 1. The van der Waals surface area contributed by atoms with E-state index in [9.17, 15) is 4.79 Å². The quantitative estimate of drug-likeness (QED) is 0.873. The van der Waals surface area contributed by atoms with Gasteiger partial charge in [0.25, 0.3) is 5.91 Å². The Kier molecular flexibility index (Phi) is 3.81. The highest BCUT2D eigenvalue weighted by Crippen LogP contribution is 2.55. The summed E-state index contributed by atoms with van der Waals surface area (Å²) in [5.74, 6) is 4.01. The number of nitrogens with zero attached hydrogens (tertiary/aromatic N) is 1. The summed E-state index contributed by atoms with van der Waals surface area (Å²) in [6, 6.07) is 7.57. The summed E-state index contributed by atoms with van der Waals surface area (Å²) in [7, 11) is 1.63. The normalized spacial score (nSPS) is 31.1. The molecular weight excluding hydrogens is 340 g/mol. The maximum atomic E-state index is 13.2. The highest BCUT2D eigenvalue weighted by molar-refractivity contribution is 5.98. The first-order valence-electron chi connectivity index (χ1n) is 9.98. The molecule has 0 radical (unpaired) electrons. The van der Waals surface area contributed by atoms with Gasteiger partial charge in [0.1, 0.15) is 5.75 Å². The zero-order valence-corrected chi connectivity index (χ0v) is 16.0. The summed E-state index contributed by atoms with van der Waals surface area (Å²) < 4.78 is 11.1. The molecule has 4 aliphatic carbocycles. The van der Waals surface area contributed by atoms with Gasteiger partial charge in [0.15, 0.2) is 17.3 Å². The topological polar surface area (TPSA) is 64.4 Å². The van der Waals surface area contributed by atoms with E-state index in [-0.39, 0.29) is 11.4 Å². The van der Waals surface area contributed by atoms with Gasteiger partial charge in [-0.25, -0.2) is 4.98 Å². The number of rotatable bonds is 4. The first-order chi connectivity index (χ1) is 13.0. The monoisotopic (exact) mass is 366 g/mol. The fraction of sp³-hybridized carbons (Fsp3) is 0.545. The van der Waals surface area contributed by atoms with E-state index in [1.54, 1.807) is 14.0 Å². The zero-order valence-electron chi connectivity index (χ0n) is 16.0. The molecule has 1 aromatic carbocycles. The van der Waals surface area contributed by atoms with Crippen molar-refractivity contribution in [3.63, 3.8) is 0 Å². The Morgan fingerprint density at radius 1 is 1.19 bits per heavy atom. The second kappa shape index (κ2) is 6.11. The van der Waals surface area contributed by atoms with Gasteiger partial charge in [-0.1, -0.05) is 12.1 Å². The number of carbonyl (C=O) groups excluding carboxylic acids is 1. The number of benzene rings is 1. The van der Waals surface area contributed by atoms with Crippen LogP contribution in [0.2, 0.25) is 0 Å². The lowest BCUT2D eigenvalue weighted by Gasteiger charge is -2.56. The average Bonchev–Trinajstić information content (AvgIpc) is 3.02. The van der Waals surface area contributed by atoms with Gasteiger partial charge in [0, 0.05) is 18.0 Å². The molecule has 0 saturated heterocycles. The Bertz CT molecular complexity index is 850. The summed E-state index contributed by atoms with van der Waals surface area (Å²) in [6.07, 6.45) is 7.43. The Labute approximate surface area is 159 Å². The Morgan fingerprint density at radius 3 is 2.48 bits per heavy atom. The first-order valence-corrected chi connectivity index (χ1v) is 9.98. The maximum absolute atomic E-state index is 13.2. The second-order valence-corrected chi connectivity index (χ2v) is 8.79. The van der Waals surface area contributed by atoms with E-state index in [0.29, 0.717) is 17.3 Å². The molecule has 0 spiro atoms. The highest BCUT2D eigenvalue weighted by atomic mass is 16.5. The van der Waals surface area contributed by atoms with Crippen LogP contribution in [0.4, 0.5) is 0 Å². The minimum absolute atomic E-state index is 0.0374. The molecule has 2 aromatic rings. The van der Waals surface area contributed by atoms with Crippen molar-refractivity contribution >= 4 is 5.91 Å². The summed E-state index contributed by atoms with van der Waals surface area (Å²) in [5, 5.41) is 3.40. The number of hydrogen-bond acceptors (Lipinski definition) is 4. The Hall–Kier alpha value is -2.30. The van der Waals surface area contributed by atoms with Gasteiger partial charge < -0.3 is 14.5 Å². The molecule has 4 aliphatic rings. The van der Waals surface area contributed by atoms with Crippen molar-refractivity contribution in [2.45, 2.75) is 51.0 Å². The number of aryl methyl sites for hydroxylation is 1. The van der Waals surface area contributed by atoms with E-state index in [1.165, 1.54) is 19.3 Å². The Morgan fingerprint density at radius 2 is 1.85 bits per heavy atom. The van der Waals surface area contributed by atoms with Gasteiger partial charge in [0.2, 0.25) is 0 Å². The Balaban J connectivity index is 1.44. The van der Waals surface area contributed by atoms with Crippen molar-refractivity contribution in [1.29, 1.82) is 0 Å². The first kappa shape index (κ1) is 16.8. The smallest absolute Gasteiger partial charge is 0.274 e. The van der Waals surface area contributed by atoms with Crippen molar-refractivity contribution in [3.05, 3.63) is 35.9 Å². The zero-order chi connectivity index (χ0) is 18.6. The summed E-state index contributed by atoms with van der Waals surface area (Å²) >= 11 is 0. The lowest BCUT2D eigenvalue weighted by molar-refractivity contribution is -0.0167. The summed E-state index contributed by atoms with van der Waals surface area (Å²) in [6.45, 7) is 1.78. The molecule has 0 unspecified atom stereocenters. The number of methoxy groups -OCH3 is 1. The third kappa shape index (κ3) is 2.93. The second-order valence-electron chi connectivity index (χ2n) is 8.79. The fourth-order valence-electron chi connectivity index (χ4n) is 6.10. The molecule has 0 atom stereocenters. The van der Waals surface area contributed by atoms with Crippen LogP contribution in [-0.2, 0) is 0 Å². The van der Waals surface area contributed by atoms with Gasteiger partial charge in [-0.2, -0.15) is 0 Å². The van der Waals surface area contributed by atoms with E-state index in [2.05, 4.69) is 10.3 Å². The van der Waals surface area contributed by atoms with Gasteiger partial charge in [-0.3, -0.25) is 4.79 Å². The average molecular weight is 366 g/mol. The van der Waals surface area contributed by atoms with Crippen LogP contribution < -0.4 is 10.1 Å². The molecule has 1 aromatic heterocycles. The molecule has 5 nitrogen and oxygen atoms in total. The molecule has 5 heteroatoms. The van der Waals surface area contributed by atoms with Crippen LogP contribution in [0.1, 0.15) is 54.9 Å². The minimum atomic E-state index is -0.105. The number of oxazole rings is 1. The molecule has 4 bridgehead atoms. The highest BCUT2D eigenvalue weighted by Gasteiger charge is 2.51. The predicted molar refractivity (Wildman–Crippen MR) is 102 cm³/mol. The largest absolute Gasteiger partial charge is 0.497 e. The summed E-state index contributed by atoms with van der Waals surface area (Å²) in [4.78, 5) is 17.6. The molecule has 142 valence electrons. The third-order valence-corrected chi connectivity index (χ3v) is 6.70. The lowest BCUT2D eigenvalue weighted by Crippen LogP contribution is -2.59. The van der Waals surface area contributed by atoms with E-state index < -0.39 is 0 Å². The molecule has 27 heavy (non-hydrogen) atoms. The molecule has 6 rings (SSSR count). The van der Waals surface area contributed by atoms with Crippen LogP contribution in [0.3, 0.4) is 0 Å². The molecule has 0 aliphatic heterocycles. The molecule has 4 saturated carbocycles. The number of ether oxygens (including phenoxy) is 1. The molecule has 1 heterocycles. The standard InChI is InChI=1S/C22H26N2O3/c1-13-23-19(20(27-13)17-4-3-5-18(9-17)26-2)21(25)24-22-10-14-6-15(11-22)8-16(7-14)12-22/h3-5,9,14-16H,6-8,10-12H2,1-2H3,(H,24,25). The van der Waals surface area contributed by atoms with Crippen molar-refractivity contribution in [1.82, 2.24) is 10.3 Å². The van der Waals surface area contributed by atoms with E-state index in [4.69, 9.17) is 9.15 Å². The number of nitrogens with one attached hydrogen (secondary N) is 1. The summed E-state index contributed by atoms with van der Waals surface area (Å²) in [5.41, 5.74) is 1.16. The van der Waals surface area contributed by atoms with Crippen LogP contribution in [0.25, 0.3) is 11.3 Å². The van der Waals surface area contributed by atoms with Crippen molar-refractivity contribution in [2.75, 3.05) is 7.11 Å². The lowest BCUT2D eigenvalue weighted by atomic mass is 9.53. The number of carbonyl (C=O) groups is 1. The molecule has 1 amide bonds. The maximum Gasteiger partial charge on any atom is 0.274 e. The van der Waals surface area contributed by atoms with Crippen LogP contribution in [0.5, 0.6) is 5.75 Å². The van der Waals surface area contributed by atoms with Crippen LogP contribution in [-0.4, -0.2) is 23.5 Å². The third-order valence-electron chi connectivity index (χ3n) is 6.70. The fourth-order valence-corrected chi connectivity index (χ4v) is 6.10. The minimum Gasteiger partial charge on any atom is -0.497 e. The molecular formula is C22H26N2O3. The van der Waals surface area contributed by atoms with Gasteiger partial charge in [-0.05, 0) is 68.4 Å². The molecule has 4 fully saturated rings. The van der Waals surface area contributed by atoms with Crippen molar-refractivity contribution in [3.8, 4) is 17.1 Å². The van der Waals surface area contributed by atoms with Gasteiger partial charge in [-0.15, -0.1) is 0 Å². The SMILES string of the molecule is COc1cccc(-c2oc(C)nc2C(=O)NC23CC4CC(CC(C4)C2)C3)c1. The van der Waals surface area contributed by atoms with Crippen LogP contribution >= 0.6 is 0 Å².